The average molecular weight is 308 g/mol. The lowest BCUT2D eigenvalue weighted by molar-refractivity contribution is 0.0409. The van der Waals surface area contributed by atoms with Gasteiger partial charge in [0.2, 0.25) is 0 Å². The number of rotatable bonds is 9. The highest BCUT2D eigenvalue weighted by Gasteiger charge is 2.05. The molecule has 0 aliphatic rings. The summed E-state index contributed by atoms with van der Waals surface area (Å²) in [4.78, 5) is 4.25. The molecule has 0 bridgehead atoms. The summed E-state index contributed by atoms with van der Waals surface area (Å²) in [6.07, 6.45) is 1.74. The molecule has 0 radical (unpaired) electrons. The predicted molar refractivity (Wildman–Crippen MR) is 89.0 cm³/mol. The maximum atomic E-state index is 9.90. The highest BCUT2D eigenvalue weighted by molar-refractivity contribution is 7.16. The Morgan fingerprint density at radius 1 is 1.38 bits per heavy atom. The number of hydrogen-bond acceptors (Lipinski definition) is 5. The molecule has 0 aliphatic heterocycles. The van der Waals surface area contributed by atoms with Gasteiger partial charge in [0.1, 0.15) is 0 Å². The summed E-state index contributed by atoms with van der Waals surface area (Å²) in [5.74, 6) is 0.710. The summed E-state index contributed by atoms with van der Waals surface area (Å²) < 4.78 is 6.65. The number of benzene rings is 1. The van der Waals surface area contributed by atoms with Crippen LogP contribution in [0.1, 0.15) is 26.7 Å². The molecule has 2 rings (SSSR count). The van der Waals surface area contributed by atoms with E-state index in [1.54, 1.807) is 11.3 Å². The first-order valence-electron chi connectivity index (χ1n) is 7.48. The zero-order valence-electron chi connectivity index (χ0n) is 12.7. The highest BCUT2D eigenvalue weighted by atomic mass is 32.1. The van der Waals surface area contributed by atoms with Crippen molar-refractivity contribution in [2.24, 2.45) is 5.92 Å². The molecule has 0 saturated carbocycles. The van der Waals surface area contributed by atoms with Crippen molar-refractivity contribution in [3.63, 3.8) is 0 Å². The van der Waals surface area contributed by atoms with Crippen molar-refractivity contribution in [3.05, 3.63) is 23.7 Å². The molecular weight excluding hydrogens is 284 g/mol. The van der Waals surface area contributed by atoms with Crippen molar-refractivity contribution in [1.82, 2.24) is 4.98 Å². The van der Waals surface area contributed by atoms with E-state index in [2.05, 4.69) is 30.2 Å². The van der Waals surface area contributed by atoms with Gasteiger partial charge in [-0.2, -0.15) is 0 Å². The summed E-state index contributed by atoms with van der Waals surface area (Å²) in [5, 5.41) is 13.1. The minimum atomic E-state index is -0.485. The van der Waals surface area contributed by atoms with Gasteiger partial charge in [0, 0.05) is 18.8 Å². The fourth-order valence-electron chi connectivity index (χ4n) is 2.07. The fraction of sp³-hybridized carbons (Fsp3) is 0.562. The number of aliphatic hydroxyl groups is 1. The van der Waals surface area contributed by atoms with E-state index in [0.717, 1.165) is 28.9 Å². The first-order valence-corrected chi connectivity index (χ1v) is 8.36. The Kier molecular flexibility index (Phi) is 6.42. The molecule has 4 nitrogen and oxygen atoms in total. The second-order valence-electron chi connectivity index (χ2n) is 5.68. The zero-order chi connectivity index (χ0) is 15.1. The monoisotopic (exact) mass is 308 g/mol. The number of anilines is 1. The minimum absolute atomic E-state index is 0.383. The van der Waals surface area contributed by atoms with Gasteiger partial charge in [0.15, 0.2) is 0 Å². The van der Waals surface area contributed by atoms with Crippen molar-refractivity contribution in [3.8, 4) is 0 Å². The van der Waals surface area contributed by atoms with Gasteiger partial charge in [-0.1, -0.05) is 13.8 Å². The topological polar surface area (TPSA) is 54.4 Å². The van der Waals surface area contributed by atoms with E-state index in [0.29, 0.717) is 19.1 Å². The van der Waals surface area contributed by atoms with Crippen LogP contribution in [0.25, 0.3) is 10.2 Å². The number of aliphatic hydroxyl groups excluding tert-OH is 1. The minimum Gasteiger partial charge on any atom is -0.389 e. The van der Waals surface area contributed by atoms with Crippen LogP contribution in [0.5, 0.6) is 0 Å². The van der Waals surface area contributed by atoms with E-state index in [1.807, 2.05) is 17.6 Å². The van der Waals surface area contributed by atoms with Crippen molar-refractivity contribution in [2.45, 2.75) is 32.8 Å². The maximum absolute atomic E-state index is 9.90. The Balaban J connectivity index is 1.65. The van der Waals surface area contributed by atoms with Crippen molar-refractivity contribution in [1.29, 1.82) is 0 Å². The molecule has 0 amide bonds. The fourth-order valence-corrected chi connectivity index (χ4v) is 2.79. The quantitative estimate of drug-likeness (QED) is 0.696. The van der Waals surface area contributed by atoms with Gasteiger partial charge < -0.3 is 15.2 Å². The molecule has 21 heavy (non-hydrogen) atoms. The summed E-state index contributed by atoms with van der Waals surface area (Å²) in [5.41, 5.74) is 3.86. The summed E-state index contributed by atoms with van der Waals surface area (Å²) >= 11 is 1.62. The standard InChI is InChI=1S/C16H24N2O2S/c1-12(2)4-3-7-20-10-14(19)9-17-13-5-6-15-16(8-13)21-11-18-15/h5-6,8,11-12,14,17,19H,3-4,7,9-10H2,1-2H3. The molecule has 0 aliphatic carbocycles. The third-order valence-corrected chi connectivity index (χ3v) is 4.05. The first-order chi connectivity index (χ1) is 10.1. The number of aromatic nitrogens is 1. The van der Waals surface area contributed by atoms with Crippen molar-refractivity contribution < 1.29 is 9.84 Å². The van der Waals surface area contributed by atoms with E-state index < -0.39 is 6.10 Å². The van der Waals surface area contributed by atoms with Crippen LogP contribution in [0.4, 0.5) is 5.69 Å². The Morgan fingerprint density at radius 2 is 2.24 bits per heavy atom. The molecule has 1 unspecified atom stereocenters. The van der Waals surface area contributed by atoms with E-state index in [4.69, 9.17) is 4.74 Å². The molecule has 0 saturated heterocycles. The van der Waals surface area contributed by atoms with E-state index in [9.17, 15) is 5.11 Å². The zero-order valence-corrected chi connectivity index (χ0v) is 13.5. The first kappa shape index (κ1) is 16.2. The number of ether oxygens (including phenoxy) is 1. The van der Waals surface area contributed by atoms with Gasteiger partial charge in [-0.15, -0.1) is 11.3 Å². The van der Waals surface area contributed by atoms with Gasteiger partial charge in [0.05, 0.1) is 28.4 Å². The van der Waals surface area contributed by atoms with Crippen molar-refractivity contribution >= 4 is 27.2 Å². The molecule has 0 fully saturated rings. The Hall–Kier alpha value is -1.17. The second kappa shape index (κ2) is 8.32. The molecule has 1 aromatic carbocycles. The lowest BCUT2D eigenvalue weighted by Gasteiger charge is -2.13. The number of nitrogens with zero attached hydrogens (tertiary/aromatic N) is 1. The molecule has 5 heteroatoms. The molecule has 1 heterocycles. The third-order valence-electron chi connectivity index (χ3n) is 3.25. The Morgan fingerprint density at radius 3 is 3.05 bits per heavy atom. The molecule has 0 spiro atoms. The van der Waals surface area contributed by atoms with Crippen LogP contribution in [-0.2, 0) is 4.74 Å². The second-order valence-corrected chi connectivity index (χ2v) is 6.57. The molecule has 2 N–H and O–H groups in total. The lowest BCUT2D eigenvalue weighted by Crippen LogP contribution is -2.25. The van der Waals surface area contributed by atoms with E-state index >= 15 is 0 Å². The van der Waals surface area contributed by atoms with Crippen LogP contribution in [0.15, 0.2) is 23.7 Å². The molecule has 1 aromatic heterocycles. The van der Waals surface area contributed by atoms with Gasteiger partial charge in [0.25, 0.3) is 0 Å². The van der Waals surface area contributed by atoms with Crippen LogP contribution in [-0.4, -0.2) is 36.0 Å². The summed E-state index contributed by atoms with van der Waals surface area (Å²) in [6.45, 7) is 6.02. The number of thiazole rings is 1. The van der Waals surface area contributed by atoms with Gasteiger partial charge in [-0.3, -0.25) is 0 Å². The lowest BCUT2D eigenvalue weighted by atomic mass is 10.1. The largest absolute Gasteiger partial charge is 0.389 e. The van der Waals surface area contributed by atoms with Crippen LogP contribution >= 0.6 is 11.3 Å². The summed E-state index contributed by atoms with van der Waals surface area (Å²) in [7, 11) is 0. The molecule has 1 atom stereocenters. The molecular formula is C16H24N2O2S. The van der Waals surface area contributed by atoms with Crippen LogP contribution in [0.3, 0.4) is 0 Å². The Bertz CT molecular complexity index is 542. The number of hydrogen-bond donors (Lipinski definition) is 2. The van der Waals surface area contributed by atoms with Gasteiger partial charge in [-0.05, 0) is 37.0 Å². The average Bonchev–Trinajstić information content (AvgIpc) is 2.92. The van der Waals surface area contributed by atoms with Crippen LogP contribution < -0.4 is 5.32 Å². The SMILES string of the molecule is CC(C)CCCOCC(O)CNc1ccc2ncsc2c1. The van der Waals surface area contributed by atoms with Crippen LogP contribution in [0, 0.1) is 5.92 Å². The maximum Gasteiger partial charge on any atom is 0.0945 e. The smallest absolute Gasteiger partial charge is 0.0945 e. The highest BCUT2D eigenvalue weighted by Crippen LogP contribution is 2.21. The van der Waals surface area contributed by atoms with Crippen molar-refractivity contribution in [2.75, 3.05) is 25.1 Å². The predicted octanol–water partition coefficient (Wildman–Crippen LogP) is 3.52. The third kappa shape index (κ3) is 5.61. The van der Waals surface area contributed by atoms with Gasteiger partial charge in [-0.25, -0.2) is 4.98 Å². The molecule has 2 aromatic rings. The number of fused-ring (bicyclic) bond motifs is 1. The van der Waals surface area contributed by atoms with Gasteiger partial charge >= 0.3 is 0 Å². The van der Waals surface area contributed by atoms with E-state index in [-0.39, 0.29) is 0 Å². The normalized spacial score (nSPS) is 13.0. The summed E-state index contributed by atoms with van der Waals surface area (Å²) in [6, 6.07) is 6.03. The van der Waals surface area contributed by atoms with Crippen LogP contribution in [0.2, 0.25) is 0 Å². The number of nitrogens with one attached hydrogen (secondary N) is 1. The molecule has 116 valence electrons. The van der Waals surface area contributed by atoms with E-state index in [1.165, 1.54) is 6.42 Å². The Labute approximate surface area is 130 Å².